The molecule has 6 atom stereocenters. The summed E-state index contributed by atoms with van der Waals surface area (Å²) in [5, 5.41) is 6.21. The van der Waals surface area contributed by atoms with Gasteiger partial charge >= 0.3 is 0 Å². The average molecular weight is 502 g/mol. The van der Waals surface area contributed by atoms with Gasteiger partial charge in [-0.1, -0.05) is 19.1 Å². The van der Waals surface area contributed by atoms with E-state index in [2.05, 4.69) is 58.4 Å². The molecule has 2 unspecified atom stereocenters. The molecule has 2 aromatic rings. The molecule has 1 amide bonds. The van der Waals surface area contributed by atoms with E-state index in [-0.39, 0.29) is 46.9 Å². The first kappa shape index (κ1) is 24.2. The van der Waals surface area contributed by atoms with E-state index in [1.807, 2.05) is 37.7 Å². The normalized spacial score (nSPS) is 33.4. The van der Waals surface area contributed by atoms with Gasteiger partial charge in [0.2, 0.25) is 11.9 Å². The number of aromatic nitrogens is 2. The highest BCUT2D eigenvalue weighted by molar-refractivity contribution is 6.03. The summed E-state index contributed by atoms with van der Waals surface area (Å²) in [5.74, 6) is 1.43. The topological polar surface area (TPSA) is 104 Å². The minimum atomic E-state index is -0.246. The van der Waals surface area contributed by atoms with Gasteiger partial charge in [0, 0.05) is 48.4 Å². The number of carbonyl (C=O) groups is 1. The zero-order valence-electron chi connectivity index (χ0n) is 21.9. The fourth-order valence-electron chi connectivity index (χ4n) is 6.24. The number of aliphatic imine (C=N–C) groups is 2. The Morgan fingerprint density at radius 2 is 2.08 bits per heavy atom. The third kappa shape index (κ3) is 4.34. The number of ether oxygens (including phenoxy) is 1. The Balaban J connectivity index is 1.29. The molecular formula is C28H35N7O2. The van der Waals surface area contributed by atoms with E-state index in [1.165, 1.54) is 0 Å². The van der Waals surface area contributed by atoms with E-state index < -0.39 is 0 Å². The zero-order chi connectivity index (χ0) is 25.8. The van der Waals surface area contributed by atoms with Gasteiger partial charge in [-0.3, -0.25) is 15.1 Å². The molecule has 194 valence electrons. The molecule has 1 saturated carbocycles. The van der Waals surface area contributed by atoms with Gasteiger partial charge in [-0.2, -0.15) is 0 Å². The van der Waals surface area contributed by atoms with E-state index in [0.29, 0.717) is 19.1 Å². The number of rotatable bonds is 5. The van der Waals surface area contributed by atoms with Crippen LogP contribution in [0.15, 0.2) is 52.7 Å². The number of nitrogens with one attached hydrogen (secondary N) is 2. The smallest absolute Gasteiger partial charge is 0.230 e. The van der Waals surface area contributed by atoms with E-state index in [4.69, 9.17) is 14.7 Å². The van der Waals surface area contributed by atoms with Gasteiger partial charge in [0.15, 0.2) is 0 Å². The SMILES string of the molecule is CNCc1cccc(N2C3N=C(NC(=O)[C@H]4C[C@@H]4c4cccnc4)N=CC3[C@@]3(C)COC(C)(C)C[C@@H]23)n1. The van der Waals surface area contributed by atoms with E-state index >= 15 is 0 Å². The fraction of sp³-hybridized carbons (Fsp3) is 0.536. The largest absolute Gasteiger partial charge is 0.375 e. The summed E-state index contributed by atoms with van der Waals surface area (Å²) in [6.07, 6.45) is 7.03. The van der Waals surface area contributed by atoms with E-state index in [1.54, 1.807) is 6.20 Å². The lowest BCUT2D eigenvalue weighted by atomic mass is 9.70. The summed E-state index contributed by atoms with van der Waals surface area (Å²) in [6.45, 7) is 7.88. The van der Waals surface area contributed by atoms with Crippen molar-refractivity contribution in [1.29, 1.82) is 0 Å². The van der Waals surface area contributed by atoms with Crippen LogP contribution in [0.5, 0.6) is 0 Å². The Hall–Kier alpha value is -3.17. The van der Waals surface area contributed by atoms with Crippen LogP contribution in [-0.4, -0.2) is 59.5 Å². The van der Waals surface area contributed by atoms with Crippen molar-refractivity contribution >= 4 is 23.9 Å². The number of carbonyl (C=O) groups excluding carboxylic acids is 1. The van der Waals surface area contributed by atoms with E-state index in [0.717, 1.165) is 29.9 Å². The molecule has 6 rings (SSSR count). The predicted octanol–water partition coefficient (Wildman–Crippen LogP) is 2.89. The fourth-order valence-corrected chi connectivity index (χ4v) is 6.24. The van der Waals surface area contributed by atoms with Crippen molar-refractivity contribution in [3.63, 3.8) is 0 Å². The molecule has 2 aromatic heterocycles. The van der Waals surface area contributed by atoms with Crippen LogP contribution in [0.1, 0.15) is 50.8 Å². The average Bonchev–Trinajstić information content (AvgIpc) is 3.65. The zero-order valence-corrected chi connectivity index (χ0v) is 21.9. The number of guanidine groups is 1. The number of pyridine rings is 2. The molecule has 9 heteroatoms. The molecule has 0 radical (unpaired) electrons. The Kier molecular flexibility index (Phi) is 5.88. The van der Waals surface area contributed by atoms with Gasteiger partial charge in [-0.05, 0) is 63.4 Å². The maximum atomic E-state index is 13.1. The van der Waals surface area contributed by atoms with Crippen LogP contribution >= 0.6 is 0 Å². The summed E-state index contributed by atoms with van der Waals surface area (Å²) >= 11 is 0. The van der Waals surface area contributed by atoms with Gasteiger partial charge in [0.25, 0.3) is 0 Å². The van der Waals surface area contributed by atoms with Crippen molar-refractivity contribution < 1.29 is 9.53 Å². The van der Waals surface area contributed by atoms with Gasteiger partial charge in [0.1, 0.15) is 12.0 Å². The third-order valence-corrected chi connectivity index (χ3v) is 8.42. The van der Waals surface area contributed by atoms with Crippen LogP contribution in [0.4, 0.5) is 5.82 Å². The number of fused-ring (bicyclic) bond motifs is 3. The van der Waals surface area contributed by atoms with Crippen molar-refractivity contribution in [2.24, 2.45) is 27.2 Å². The number of anilines is 1. The van der Waals surface area contributed by atoms with Crippen molar-refractivity contribution in [3.8, 4) is 0 Å². The standard InChI is InChI=1S/C28H35N7O2/c1-27(2)12-22-28(3,16-37-27)21-15-31-26(34-25(36)20-11-19(20)17-7-6-10-30-13-17)33-24(21)35(22)23-9-5-8-18(32-23)14-29-4/h5-10,13,15,19-22,24,29H,11-12,14,16H2,1-4H3,(H,33,34,36)/t19-,20+,21?,22-,24?,28-/m1/s1. The molecule has 0 aromatic carbocycles. The molecular weight excluding hydrogens is 466 g/mol. The summed E-state index contributed by atoms with van der Waals surface area (Å²) in [6, 6.07) is 10.3. The lowest BCUT2D eigenvalue weighted by molar-refractivity contribution is -0.121. The number of hydrogen-bond donors (Lipinski definition) is 2. The Morgan fingerprint density at radius 3 is 2.86 bits per heavy atom. The highest BCUT2D eigenvalue weighted by atomic mass is 16.5. The predicted molar refractivity (Wildman–Crippen MR) is 142 cm³/mol. The molecule has 1 aliphatic carbocycles. The van der Waals surface area contributed by atoms with Crippen LogP contribution in [0.2, 0.25) is 0 Å². The van der Waals surface area contributed by atoms with Crippen molar-refractivity contribution in [1.82, 2.24) is 20.6 Å². The molecule has 2 N–H and O–H groups in total. The number of hydrogen-bond acceptors (Lipinski definition) is 8. The first-order valence-corrected chi connectivity index (χ1v) is 13.1. The van der Waals surface area contributed by atoms with E-state index in [9.17, 15) is 4.79 Å². The molecule has 2 saturated heterocycles. The quantitative estimate of drug-likeness (QED) is 0.653. The first-order chi connectivity index (χ1) is 17.8. The minimum Gasteiger partial charge on any atom is -0.375 e. The third-order valence-electron chi connectivity index (χ3n) is 8.42. The Morgan fingerprint density at radius 1 is 1.22 bits per heavy atom. The Labute approximate surface area is 217 Å². The van der Waals surface area contributed by atoms with Crippen molar-refractivity contribution in [2.45, 2.75) is 63.9 Å². The molecule has 37 heavy (non-hydrogen) atoms. The van der Waals surface area contributed by atoms with Crippen LogP contribution in [-0.2, 0) is 16.1 Å². The van der Waals surface area contributed by atoms with Crippen LogP contribution in [0, 0.1) is 17.3 Å². The highest BCUT2D eigenvalue weighted by Gasteiger charge is 2.61. The summed E-state index contributed by atoms with van der Waals surface area (Å²) in [4.78, 5) is 34.3. The van der Waals surface area contributed by atoms with Crippen LogP contribution < -0.4 is 15.5 Å². The molecule has 5 heterocycles. The number of amides is 1. The van der Waals surface area contributed by atoms with Gasteiger partial charge in [-0.15, -0.1) is 0 Å². The molecule has 3 fully saturated rings. The van der Waals surface area contributed by atoms with Gasteiger partial charge in [0.05, 0.1) is 17.9 Å². The molecule has 9 nitrogen and oxygen atoms in total. The second-order valence-electron chi connectivity index (χ2n) is 11.6. The summed E-state index contributed by atoms with van der Waals surface area (Å²) in [5.41, 5.74) is 1.66. The second kappa shape index (κ2) is 8.99. The molecule has 0 spiro atoms. The van der Waals surface area contributed by atoms with Crippen molar-refractivity contribution in [3.05, 3.63) is 54.0 Å². The Bertz CT molecular complexity index is 1250. The minimum absolute atomic E-state index is 0.0324. The van der Waals surface area contributed by atoms with Crippen LogP contribution in [0.25, 0.3) is 0 Å². The monoisotopic (exact) mass is 501 g/mol. The van der Waals surface area contributed by atoms with Gasteiger partial charge < -0.3 is 15.0 Å². The van der Waals surface area contributed by atoms with Gasteiger partial charge in [-0.25, -0.2) is 15.0 Å². The number of nitrogens with zero attached hydrogens (tertiary/aromatic N) is 5. The highest BCUT2D eigenvalue weighted by Crippen LogP contribution is 2.53. The lowest BCUT2D eigenvalue weighted by Gasteiger charge is -2.47. The molecule has 4 aliphatic rings. The first-order valence-electron chi connectivity index (χ1n) is 13.1. The summed E-state index contributed by atoms with van der Waals surface area (Å²) in [7, 11) is 1.92. The summed E-state index contributed by atoms with van der Waals surface area (Å²) < 4.78 is 6.32. The van der Waals surface area contributed by atoms with Crippen molar-refractivity contribution in [2.75, 3.05) is 18.6 Å². The second-order valence-corrected chi connectivity index (χ2v) is 11.6. The maximum Gasteiger partial charge on any atom is 0.230 e. The lowest BCUT2D eigenvalue weighted by Crippen LogP contribution is -2.53. The van der Waals surface area contributed by atoms with Crippen LogP contribution in [0.3, 0.4) is 0 Å². The molecule has 3 aliphatic heterocycles. The maximum absolute atomic E-state index is 13.1. The molecule has 0 bridgehead atoms.